The van der Waals surface area contributed by atoms with Crippen LogP contribution in [0.5, 0.6) is 0 Å². The van der Waals surface area contributed by atoms with E-state index in [9.17, 15) is 14.0 Å². The third-order valence-corrected chi connectivity index (χ3v) is 3.64. The van der Waals surface area contributed by atoms with Crippen molar-refractivity contribution < 1.29 is 23.5 Å². The van der Waals surface area contributed by atoms with E-state index < -0.39 is 17.7 Å². The van der Waals surface area contributed by atoms with E-state index in [1.165, 1.54) is 18.4 Å². The number of aryl methyl sites for hydroxylation is 1. The van der Waals surface area contributed by atoms with Gasteiger partial charge in [0.15, 0.2) is 0 Å². The molecule has 23 heavy (non-hydrogen) atoms. The molecule has 122 valence electrons. The van der Waals surface area contributed by atoms with Gasteiger partial charge < -0.3 is 14.8 Å². The van der Waals surface area contributed by atoms with Crippen molar-refractivity contribution in [3.05, 3.63) is 57.8 Å². The van der Waals surface area contributed by atoms with Crippen LogP contribution in [0.3, 0.4) is 0 Å². The highest BCUT2D eigenvalue weighted by Crippen LogP contribution is 2.19. The zero-order chi connectivity index (χ0) is 17.0. The number of rotatable bonds is 6. The van der Waals surface area contributed by atoms with Crippen molar-refractivity contribution in [2.24, 2.45) is 0 Å². The third kappa shape index (κ3) is 4.32. The summed E-state index contributed by atoms with van der Waals surface area (Å²) in [6.45, 7) is 1.95. The number of aliphatic carboxylic acids is 1. The molecule has 0 atom stereocenters. The Morgan fingerprint density at radius 3 is 2.78 bits per heavy atom. The zero-order valence-corrected chi connectivity index (χ0v) is 13.1. The molecule has 1 heterocycles. The van der Waals surface area contributed by atoms with E-state index in [-0.39, 0.29) is 24.3 Å². The highest BCUT2D eigenvalue weighted by atomic mass is 35.5. The number of hydrogen-bond acceptors (Lipinski definition) is 3. The van der Waals surface area contributed by atoms with Crippen LogP contribution in [-0.4, -0.2) is 23.5 Å². The quantitative estimate of drug-likeness (QED) is 0.848. The van der Waals surface area contributed by atoms with Gasteiger partial charge >= 0.3 is 5.97 Å². The van der Waals surface area contributed by atoms with Crippen LogP contribution in [0.1, 0.15) is 27.2 Å². The number of nitrogens with one attached hydrogen (secondary N) is 1. The fourth-order valence-corrected chi connectivity index (χ4v) is 2.46. The van der Waals surface area contributed by atoms with Gasteiger partial charge in [0.2, 0.25) is 0 Å². The first-order valence-corrected chi connectivity index (χ1v) is 7.27. The number of carboxylic acids is 1. The van der Waals surface area contributed by atoms with Crippen molar-refractivity contribution >= 4 is 23.5 Å². The second-order valence-corrected chi connectivity index (χ2v) is 5.44. The molecule has 2 N–H and O–H groups in total. The van der Waals surface area contributed by atoms with E-state index in [4.69, 9.17) is 21.1 Å². The van der Waals surface area contributed by atoms with Crippen molar-refractivity contribution in [2.75, 3.05) is 6.54 Å². The first-order valence-electron chi connectivity index (χ1n) is 6.89. The van der Waals surface area contributed by atoms with Crippen molar-refractivity contribution in [3.63, 3.8) is 0 Å². The predicted molar refractivity (Wildman–Crippen MR) is 82.2 cm³/mol. The second kappa shape index (κ2) is 7.28. The number of benzene rings is 1. The Morgan fingerprint density at radius 2 is 2.13 bits per heavy atom. The molecule has 0 saturated carbocycles. The zero-order valence-electron chi connectivity index (χ0n) is 12.4. The fourth-order valence-electron chi connectivity index (χ4n) is 2.19. The average Bonchev–Trinajstić information content (AvgIpc) is 2.81. The first-order chi connectivity index (χ1) is 10.9. The minimum absolute atomic E-state index is 0.118. The summed E-state index contributed by atoms with van der Waals surface area (Å²) in [7, 11) is 0. The normalized spacial score (nSPS) is 10.6. The molecule has 0 fully saturated rings. The van der Waals surface area contributed by atoms with Gasteiger partial charge in [-0.15, -0.1) is 0 Å². The van der Waals surface area contributed by atoms with Crippen LogP contribution in [0.25, 0.3) is 0 Å². The molecule has 1 amide bonds. The Kier molecular flexibility index (Phi) is 5.39. The summed E-state index contributed by atoms with van der Waals surface area (Å²) in [5.41, 5.74) is 1.51. The lowest BCUT2D eigenvalue weighted by atomic mass is 10.1. The number of carboxylic acid groups (broad SMARTS) is 1. The van der Waals surface area contributed by atoms with Crippen LogP contribution < -0.4 is 5.32 Å². The average molecular weight is 340 g/mol. The Bertz CT molecular complexity index is 742. The largest absolute Gasteiger partial charge is 0.481 e. The van der Waals surface area contributed by atoms with Gasteiger partial charge in [0.25, 0.3) is 5.91 Å². The molecule has 0 radical (unpaired) electrons. The molecule has 5 nitrogen and oxygen atoms in total. The van der Waals surface area contributed by atoms with Gasteiger partial charge in [-0.2, -0.15) is 0 Å². The Morgan fingerprint density at radius 1 is 1.39 bits per heavy atom. The SMILES string of the molecule is Cc1coc(CC(=O)O)c1C(=O)NCCc1ccc(F)cc1Cl. The number of furan rings is 1. The molecule has 2 aromatic rings. The highest BCUT2D eigenvalue weighted by Gasteiger charge is 2.20. The van der Waals surface area contributed by atoms with E-state index in [1.54, 1.807) is 13.0 Å². The molecule has 0 spiro atoms. The molecule has 7 heteroatoms. The monoisotopic (exact) mass is 339 g/mol. The number of carbonyl (C=O) groups excluding carboxylic acids is 1. The molecule has 1 aromatic carbocycles. The minimum atomic E-state index is -1.08. The lowest BCUT2D eigenvalue weighted by Crippen LogP contribution is -2.27. The molecule has 1 aromatic heterocycles. The van der Waals surface area contributed by atoms with Crippen LogP contribution in [0, 0.1) is 12.7 Å². The van der Waals surface area contributed by atoms with E-state index in [0.717, 1.165) is 0 Å². The lowest BCUT2D eigenvalue weighted by molar-refractivity contribution is -0.136. The van der Waals surface area contributed by atoms with E-state index in [0.29, 0.717) is 22.6 Å². The van der Waals surface area contributed by atoms with Crippen LogP contribution in [0.2, 0.25) is 5.02 Å². The minimum Gasteiger partial charge on any atom is -0.481 e. The van der Waals surface area contributed by atoms with E-state index in [1.807, 2.05) is 0 Å². The molecule has 0 saturated heterocycles. The number of halogens is 2. The smallest absolute Gasteiger partial charge is 0.311 e. The maximum absolute atomic E-state index is 13.0. The van der Waals surface area contributed by atoms with Gasteiger partial charge in [0.1, 0.15) is 18.0 Å². The van der Waals surface area contributed by atoms with Gasteiger partial charge in [-0.25, -0.2) is 4.39 Å². The van der Waals surface area contributed by atoms with Gasteiger partial charge in [0.05, 0.1) is 11.8 Å². The van der Waals surface area contributed by atoms with Gasteiger partial charge in [-0.1, -0.05) is 17.7 Å². The van der Waals surface area contributed by atoms with Gasteiger partial charge in [-0.3, -0.25) is 9.59 Å². The summed E-state index contributed by atoms with van der Waals surface area (Å²) >= 11 is 5.92. The number of carbonyl (C=O) groups is 2. The van der Waals surface area contributed by atoms with Crippen LogP contribution in [0.4, 0.5) is 4.39 Å². The highest BCUT2D eigenvalue weighted by molar-refractivity contribution is 6.31. The predicted octanol–water partition coefficient (Wildman–Crippen LogP) is 2.98. The fraction of sp³-hybridized carbons (Fsp3) is 0.250. The third-order valence-electron chi connectivity index (χ3n) is 3.28. The van der Waals surface area contributed by atoms with Crippen molar-refractivity contribution in [1.82, 2.24) is 5.32 Å². The second-order valence-electron chi connectivity index (χ2n) is 5.03. The lowest BCUT2D eigenvalue weighted by Gasteiger charge is -2.07. The summed E-state index contributed by atoms with van der Waals surface area (Å²) in [6, 6.07) is 4.07. The Hall–Kier alpha value is -2.34. The Balaban J connectivity index is 2.00. The van der Waals surface area contributed by atoms with Crippen molar-refractivity contribution in [3.8, 4) is 0 Å². The summed E-state index contributed by atoms with van der Waals surface area (Å²) in [5, 5.41) is 11.8. The number of amides is 1. The summed E-state index contributed by atoms with van der Waals surface area (Å²) < 4.78 is 18.1. The van der Waals surface area contributed by atoms with Crippen LogP contribution >= 0.6 is 11.6 Å². The molecular weight excluding hydrogens is 325 g/mol. The summed E-state index contributed by atoms with van der Waals surface area (Å²) in [4.78, 5) is 23.0. The van der Waals surface area contributed by atoms with Crippen molar-refractivity contribution in [2.45, 2.75) is 19.8 Å². The molecule has 2 rings (SSSR count). The summed E-state index contributed by atoms with van der Waals surface area (Å²) in [5.74, 6) is -1.79. The van der Waals surface area contributed by atoms with Crippen LogP contribution in [0.15, 0.2) is 28.9 Å². The maximum Gasteiger partial charge on any atom is 0.311 e. The molecular formula is C16H15ClFNO4. The number of hydrogen-bond donors (Lipinski definition) is 2. The summed E-state index contributed by atoms with van der Waals surface area (Å²) in [6.07, 6.45) is 1.42. The van der Waals surface area contributed by atoms with Gasteiger partial charge in [-0.05, 0) is 31.0 Å². The maximum atomic E-state index is 13.0. The standard InChI is InChI=1S/C16H15ClFNO4/c1-9-8-23-13(7-14(20)21)15(9)16(22)19-5-4-10-2-3-11(18)6-12(10)17/h2-3,6,8H,4-5,7H2,1H3,(H,19,22)(H,20,21). The van der Waals surface area contributed by atoms with Crippen LogP contribution in [-0.2, 0) is 17.6 Å². The van der Waals surface area contributed by atoms with Crippen molar-refractivity contribution in [1.29, 1.82) is 0 Å². The Labute approximate surface area is 137 Å². The molecule has 0 aliphatic rings. The first kappa shape index (κ1) is 17.0. The molecule has 0 bridgehead atoms. The molecule has 0 unspecified atom stereocenters. The topological polar surface area (TPSA) is 79.5 Å². The van der Waals surface area contributed by atoms with E-state index in [2.05, 4.69) is 5.32 Å². The van der Waals surface area contributed by atoms with Gasteiger partial charge in [0, 0.05) is 17.1 Å². The molecule has 0 aliphatic carbocycles. The molecule has 0 aliphatic heterocycles. The van der Waals surface area contributed by atoms with E-state index >= 15 is 0 Å².